The van der Waals surface area contributed by atoms with Crippen molar-refractivity contribution in [1.82, 2.24) is 15.2 Å². The third kappa shape index (κ3) is 1.28. The maximum atomic E-state index is 10.5. The Kier molecular flexibility index (Phi) is 1.51. The van der Waals surface area contributed by atoms with Gasteiger partial charge in [-0.1, -0.05) is 0 Å². The van der Waals surface area contributed by atoms with Crippen molar-refractivity contribution in [2.24, 2.45) is 0 Å². The minimum Gasteiger partial charge on any atom is -0.358 e. The molecule has 0 aliphatic rings. The maximum absolute atomic E-state index is 10.5. The molecule has 0 unspecified atom stereocenters. The van der Waals surface area contributed by atoms with Crippen LogP contribution in [0.5, 0.6) is 0 Å². The van der Waals surface area contributed by atoms with Gasteiger partial charge in [0.15, 0.2) is 0 Å². The fourth-order valence-corrected chi connectivity index (χ4v) is 0.465. The lowest BCUT2D eigenvalue weighted by Gasteiger charge is -1.85. The van der Waals surface area contributed by atoms with E-state index in [4.69, 9.17) is 0 Å². The predicted molar refractivity (Wildman–Crippen MR) is 32.1 cm³/mol. The molecule has 0 saturated heterocycles. The maximum Gasteiger partial charge on any atom is 0.453 e. The molecule has 8 nitrogen and oxygen atoms in total. The second kappa shape index (κ2) is 2.33. The minimum absolute atomic E-state index is 0.874. The molecule has 1 heterocycles. The van der Waals surface area contributed by atoms with Crippen LogP contribution in [-0.2, 0) is 0 Å². The van der Waals surface area contributed by atoms with Crippen LogP contribution in [0.2, 0.25) is 0 Å². The zero-order chi connectivity index (χ0) is 8.43. The molecule has 1 rings (SSSR count). The second-order valence-corrected chi connectivity index (χ2v) is 1.59. The van der Waals surface area contributed by atoms with Gasteiger partial charge in [-0.3, -0.25) is 9.78 Å². The summed E-state index contributed by atoms with van der Waals surface area (Å²) in [6, 6.07) is 0. The fraction of sp³-hybridized carbons (Fsp3) is 0. The topological polar surface area (TPSA) is 122 Å². The van der Waals surface area contributed by atoms with Crippen LogP contribution < -0.4 is 11.2 Å². The van der Waals surface area contributed by atoms with Crippen molar-refractivity contribution in [2.75, 3.05) is 0 Å². The highest BCUT2D eigenvalue weighted by atomic mass is 16.6. The summed E-state index contributed by atoms with van der Waals surface area (Å²) in [6.07, 6.45) is 0. The van der Waals surface area contributed by atoms with Gasteiger partial charge in [0.1, 0.15) is 0 Å². The van der Waals surface area contributed by atoms with Crippen molar-refractivity contribution in [1.29, 1.82) is 0 Å². The number of aromatic amines is 2. The third-order valence-corrected chi connectivity index (χ3v) is 0.866. The van der Waals surface area contributed by atoms with E-state index in [2.05, 4.69) is 5.10 Å². The lowest BCUT2D eigenvalue weighted by atomic mass is 10.7. The summed E-state index contributed by atoms with van der Waals surface area (Å²) in [4.78, 5) is 31.4. The number of nitro groups is 1. The van der Waals surface area contributed by atoms with Crippen LogP contribution in [0, 0.1) is 10.1 Å². The Hall–Kier alpha value is -1.99. The average Bonchev–Trinajstić information content (AvgIpc) is 1.85. The molecule has 0 saturated carbocycles. The first-order valence-corrected chi connectivity index (χ1v) is 2.44. The largest absolute Gasteiger partial charge is 0.453 e. The van der Waals surface area contributed by atoms with E-state index in [-0.39, 0.29) is 0 Å². The van der Waals surface area contributed by atoms with Crippen LogP contribution in [0.25, 0.3) is 0 Å². The highest BCUT2D eigenvalue weighted by Crippen LogP contribution is 1.88. The van der Waals surface area contributed by atoms with Gasteiger partial charge < -0.3 is 10.1 Å². The quantitative estimate of drug-likeness (QED) is 0.375. The zero-order valence-electron chi connectivity index (χ0n) is 5.03. The normalized spacial score (nSPS) is 9.45. The van der Waals surface area contributed by atoms with Gasteiger partial charge in [-0.25, -0.2) is 4.79 Å². The molecule has 0 aromatic carbocycles. The van der Waals surface area contributed by atoms with Crippen molar-refractivity contribution < 1.29 is 4.92 Å². The number of nitrogens with zero attached hydrogens (tertiary/aromatic N) is 2. The van der Waals surface area contributed by atoms with Gasteiger partial charge in [0.05, 0.1) is 5.10 Å². The molecule has 11 heavy (non-hydrogen) atoms. The van der Waals surface area contributed by atoms with E-state index in [1.54, 1.807) is 10.1 Å². The zero-order valence-corrected chi connectivity index (χ0v) is 5.03. The smallest absolute Gasteiger partial charge is 0.358 e. The molecule has 2 N–H and O–H groups in total. The number of aromatic nitrogens is 3. The van der Waals surface area contributed by atoms with Crippen molar-refractivity contribution >= 4 is 5.82 Å². The van der Waals surface area contributed by atoms with Crippen LogP contribution in [0.4, 0.5) is 5.82 Å². The summed E-state index contributed by atoms with van der Waals surface area (Å²) in [5.74, 6) is -0.926. The van der Waals surface area contributed by atoms with Gasteiger partial charge in [0.2, 0.25) is 0 Å². The molecular weight excluding hydrogens is 156 g/mol. The van der Waals surface area contributed by atoms with E-state index in [1.807, 2.05) is 0 Å². The molecule has 0 spiro atoms. The fourth-order valence-electron chi connectivity index (χ4n) is 0.465. The minimum atomic E-state index is -1.11. The molecule has 1 aromatic rings. The second-order valence-electron chi connectivity index (χ2n) is 1.59. The van der Waals surface area contributed by atoms with Crippen LogP contribution in [0.3, 0.4) is 0 Å². The highest BCUT2D eigenvalue weighted by molar-refractivity contribution is 5.07. The standard InChI is InChI=1S/C3H2N4O4/c8-2-1(7(10)11)5-6-3(9)4-2/h(H2,4,6,8,9). The van der Waals surface area contributed by atoms with Gasteiger partial charge in [-0.15, -0.1) is 5.10 Å². The van der Waals surface area contributed by atoms with Crippen molar-refractivity contribution in [2.45, 2.75) is 0 Å². The molecule has 0 atom stereocenters. The lowest BCUT2D eigenvalue weighted by molar-refractivity contribution is -0.391. The van der Waals surface area contributed by atoms with Crippen LogP contribution in [-0.4, -0.2) is 20.1 Å². The molecule has 0 aliphatic heterocycles. The Bertz CT molecular complexity index is 389. The van der Waals surface area contributed by atoms with Crippen molar-refractivity contribution in [3.63, 3.8) is 0 Å². The van der Waals surface area contributed by atoms with Crippen molar-refractivity contribution in [3.8, 4) is 0 Å². The Morgan fingerprint density at radius 1 is 1.45 bits per heavy atom. The first-order valence-electron chi connectivity index (χ1n) is 2.44. The van der Waals surface area contributed by atoms with E-state index in [9.17, 15) is 19.7 Å². The molecule has 0 aliphatic carbocycles. The predicted octanol–water partition coefficient (Wildman–Crippen LogP) is -1.63. The van der Waals surface area contributed by atoms with Gasteiger partial charge in [-0.2, -0.15) is 0 Å². The first kappa shape index (κ1) is 7.12. The molecule has 0 amide bonds. The van der Waals surface area contributed by atoms with E-state index in [1.165, 1.54) is 0 Å². The van der Waals surface area contributed by atoms with Gasteiger partial charge in [0.25, 0.3) is 0 Å². The lowest BCUT2D eigenvalue weighted by Crippen LogP contribution is -2.25. The molecular formula is C3H2N4O4. The molecule has 0 bridgehead atoms. The van der Waals surface area contributed by atoms with E-state index in [0.29, 0.717) is 0 Å². The third-order valence-electron chi connectivity index (χ3n) is 0.866. The van der Waals surface area contributed by atoms with Crippen molar-refractivity contribution in [3.05, 3.63) is 31.0 Å². The number of H-pyrrole nitrogens is 2. The monoisotopic (exact) mass is 158 g/mol. The summed E-state index contributed by atoms with van der Waals surface area (Å²) in [5, 5.41) is 14.6. The summed E-state index contributed by atoms with van der Waals surface area (Å²) in [7, 11) is 0. The molecule has 1 aromatic heterocycles. The molecule has 58 valence electrons. The van der Waals surface area contributed by atoms with E-state index < -0.39 is 22.0 Å². The van der Waals surface area contributed by atoms with E-state index >= 15 is 0 Å². The molecule has 0 fully saturated rings. The molecule has 8 heteroatoms. The average molecular weight is 158 g/mol. The Morgan fingerprint density at radius 2 is 2.09 bits per heavy atom. The summed E-state index contributed by atoms with van der Waals surface area (Å²) in [5.41, 5.74) is -1.99. The number of nitrogens with one attached hydrogen (secondary N) is 2. The number of rotatable bonds is 1. The van der Waals surface area contributed by atoms with Gasteiger partial charge in [0, 0.05) is 0 Å². The summed E-state index contributed by atoms with van der Waals surface area (Å²) >= 11 is 0. The van der Waals surface area contributed by atoms with Gasteiger partial charge in [-0.05, 0) is 4.92 Å². The Morgan fingerprint density at radius 3 is 2.55 bits per heavy atom. The van der Waals surface area contributed by atoms with E-state index in [0.717, 1.165) is 0 Å². The van der Waals surface area contributed by atoms with Gasteiger partial charge >= 0.3 is 17.1 Å². The highest BCUT2D eigenvalue weighted by Gasteiger charge is 2.13. The summed E-state index contributed by atoms with van der Waals surface area (Å²) < 4.78 is 0. The van der Waals surface area contributed by atoms with Crippen LogP contribution in [0.15, 0.2) is 9.59 Å². The first-order chi connectivity index (χ1) is 5.11. The Balaban J connectivity index is 3.43. The number of hydrogen-bond acceptors (Lipinski definition) is 5. The Labute approximate surface area is 58.0 Å². The SMILES string of the molecule is O=c1[nH]nc([N+](=O)[O-])c(=O)[nH]1. The van der Waals surface area contributed by atoms with Crippen LogP contribution >= 0.6 is 0 Å². The van der Waals surface area contributed by atoms with Crippen LogP contribution in [0.1, 0.15) is 0 Å². The summed E-state index contributed by atoms with van der Waals surface area (Å²) in [6.45, 7) is 0. The number of hydrogen-bond donors (Lipinski definition) is 2. The molecule has 0 radical (unpaired) electrons.